The van der Waals surface area contributed by atoms with Gasteiger partial charge in [-0.3, -0.25) is 4.79 Å². The number of aromatic hydroxyl groups is 1. The van der Waals surface area contributed by atoms with Crippen molar-refractivity contribution in [3.05, 3.63) is 28.8 Å². The summed E-state index contributed by atoms with van der Waals surface area (Å²) in [5.74, 6) is -0.0263. The van der Waals surface area contributed by atoms with Gasteiger partial charge < -0.3 is 14.9 Å². The van der Waals surface area contributed by atoms with E-state index < -0.39 is 0 Å². The van der Waals surface area contributed by atoms with Crippen molar-refractivity contribution in [3.8, 4) is 5.75 Å². The molecule has 17 heavy (non-hydrogen) atoms. The Hall–Kier alpha value is -1.26. The van der Waals surface area contributed by atoms with Gasteiger partial charge in [0.1, 0.15) is 5.75 Å². The summed E-state index contributed by atoms with van der Waals surface area (Å²) in [6, 6.07) is 4.56. The molecule has 0 unspecified atom stereocenters. The number of phenolic OH excluding ortho intramolecular Hbond substituents is 1. The molecule has 0 spiro atoms. The second-order valence-corrected chi connectivity index (χ2v) is 4.67. The first kappa shape index (κ1) is 12.2. The molecule has 1 aliphatic heterocycles. The van der Waals surface area contributed by atoms with E-state index in [0.717, 1.165) is 26.2 Å². The lowest BCUT2D eigenvalue weighted by molar-refractivity contribution is 0.0664. The van der Waals surface area contributed by atoms with Crippen LogP contribution in [0.1, 0.15) is 10.4 Å². The van der Waals surface area contributed by atoms with Gasteiger partial charge in [-0.25, -0.2) is 0 Å². The predicted molar refractivity (Wildman–Crippen MR) is 66.5 cm³/mol. The molecule has 92 valence electrons. The van der Waals surface area contributed by atoms with Crippen molar-refractivity contribution < 1.29 is 9.90 Å². The normalized spacial score (nSPS) is 17.2. The summed E-state index contributed by atoms with van der Waals surface area (Å²) in [5, 5.41) is 9.52. The topological polar surface area (TPSA) is 43.8 Å². The van der Waals surface area contributed by atoms with Crippen molar-refractivity contribution in [1.82, 2.24) is 9.80 Å². The third kappa shape index (κ3) is 2.70. The summed E-state index contributed by atoms with van der Waals surface area (Å²) in [5.41, 5.74) is 0.525. The maximum Gasteiger partial charge on any atom is 0.253 e. The highest BCUT2D eigenvalue weighted by atomic mass is 35.5. The maximum absolute atomic E-state index is 12.1. The van der Waals surface area contributed by atoms with Crippen molar-refractivity contribution in [1.29, 1.82) is 0 Å². The zero-order valence-corrected chi connectivity index (χ0v) is 10.4. The predicted octanol–water partition coefficient (Wildman–Crippen LogP) is 1.43. The average molecular weight is 255 g/mol. The second kappa shape index (κ2) is 4.94. The van der Waals surface area contributed by atoms with E-state index >= 15 is 0 Å². The number of carbonyl (C=O) groups is 1. The van der Waals surface area contributed by atoms with Gasteiger partial charge in [0.15, 0.2) is 0 Å². The van der Waals surface area contributed by atoms with E-state index in [9.17, 15) is 9.90 Å². The fourth-order valence-electron chi connectivity index (χ4n) is 1.83. The van der Waals surface area contributed by atoms with Gasteiger partial charge in [-0.15, -0.1) is 0 Å². The number of rotatable bonds is 1. The molecule has 1 aromatic rings. The molecule has 5 heteroatoms. The molecule has 1 fully saturated rings. The van der Waals surface area contributed by atoms with Crippen LogP contribution in [0.3, 0.4) is 0 Å². The Bertz CT molecular complexity index is 429. The third-order valence-electron chi connectivity index (χ3n) is 2.99. The lowest BCUT2D eigenvalue weighted by Crippen LogP contribution is -2.47. The van der Waals surface area contributed by atoms with Crippen molar-refractivity contribution in [2.45, 2.75) is 0 Å². The Balaban J connectivity index is 2.11. The van der Waals surface area contributed by atoms with Crippen molar-refractivity contribution >= 4 is 17.5 Å². The molecule has 1 N–H and O–H groups in total. The molecule has 0 saturated carbocycles. The van der Waals surface area contributed by atoms with Gasteiger partial charge >= 0.3 is 0 Å². The maximum atomic E-state index is 12.1. The number of hydrogen-bond acceptors (Lipinski definition) is 3. The molecule has 0 atom stereocenters. The van der Waals surface area contributed by atoms with Crippen LogP contribution in [-0.4, -0.2) is 54.0 Å². The minimum atomic E-state index is -0.0278. The molecule has 1 amide bonds. The minimum Gasteiger partial charge on any atom is -0.506 e. The number of benzene rings is 1. The summed E-state index contributed by atoms with van der Waals surface area (Å²) in [6.45, 7) is 3.23. The Morgan fingerprint density at radius 1 is 1.29 bits per heavy atom. The number of halogens is 1. The van der Waals surface area contributed by atoms with E-state index in [-0.39, 0.29) is 16.7 Å². The smallest absolute Gasteiger partial charge is 0.253 e. The van der Waals surface area contributed by atoms with E-state index in [4.69, 9.17) is 11.6 Å². The number of likely N-dealkylation sites (N-methyl/N-ethyl adjacent to an activating group) is 1. The number of carbonyl (C=O) groups excluding carboxylic acids is 1. The molecular formula is C12H15ClN2O2. The molecule has 2 rings (SSSR count). The van der Waals surface area contributed by atoms with Crippen LogP contribution in [0.5, 0.6) is 5.75 Å². The van der Waals surface area contributed by atoms with Crippen molar-refractivity contribution in [2.75, 3.05) is 33.2 Å². The highest BCUT2D eigenvalue weighted by molar-refractivity contribution is 6.32. The second-order valence-electron chi connectivity index (χ2n) is 4.26. The van der Waals surface area contributed by atoms with E-state index in [2.05, 4.69) is 4.90 Å². The highest BCUT2D eigenvalue weighted by Crippen LogP contribution is 2.24. The fraction of sp³-hybridized carbons (Fsp3) is 0.417. The van der Waals surface area contributed by atoms with Gasteiger partial charge in [0, 0.05) is 31.7 Å². The van der Waals surface area contributed by atoms with E-state index in [1.54, 1.807) is 6.07 Å². The first-order valence-electron chi connectivity index (χ1n) is 5.54. The third-order valence-corrected chi connectivity index (χ3v) is 3.29. The lowest BCUT2D eigenvalue weighted by atomic mass is 10.1. The van der Waals surface area contributed by atoms with Crippen LogP contribution in [0, 0.1) is 0 Å². The van der Waals surface area contributed by atoms with Gasteiger partial charge in [-0.05, 0) is 25.2 Å². The average Bonchev–Trinajstić information content (AvgIpc) is 2.33. The highest BCUT2D eigenvalue weighted by Gasteiger charge is 2.20. The van der Waals surface area contributed by atoms with Crippen LogP contribution in [0.15, 0.2) is 18.2 Å². The standard InChI is InChI=1S/C12H15ClN2O2/c1-14-4-6-15(7-5-14)12(17)9-2-3-11(16)10(13)8-9/h2-3,8,16H,4-7H2,1H3. The number of amides is 1. The summed E-state index contributed by atoms with van der Waals surface area (Å²) < 4.78 is 0. The Labute approximate surface area is 105 Å². The van der Waals surface area contributed by atoms with Gasteiger partial charge in [0.25, 0.3) is 5.91 Å². The van der Waals surface area contributed by atoms with Gasteiger partial charge in [-0.1, -0.05) is 11.6 Å². The minimum absolute atomic E-state index is 0.00148. The monoisotopic (exact) mass is 254 g/mol. The summed E-state index contributed by atoms with van der Waals surface area (Å²) in [7, 11) is 2.04. The summed E-state index contributed by atoms with van der Waals surface area (Å²) in [6.07, 6.45) is 0. The van der Waals surface area contributed by atoms with E-state index in [1.807, 2.05) is 11.9 Å². The van der Waals surface area contributed by atoms with Gasteiger partial charge in [0.05, 0.1) is 5.02 Å². The molecule has 1 saturated heterocycles. The molecule has 1 heterocycles. The van der Waals surface area contributed by atoms with Crippen LogP contribution < -0.4 is 0 Å². The molecule has 0 bridgehead atoms. The van der Waals surface area contributed by atoms with E-state index in [0.29, 0.717) is 5.56 Å². The lowest BCUT2D eigenvalue weighted by Gasteiger charge is -2.32. The van der Waals surface area contributed by atoms with Crippen LogP contribution in [0.2, 0.25) is 5.02 Å². The molecule has 0 aliphatic carbocycles. The van der Waals surface area contributed by atoms with Gasteiger partial charge in [-0.2, -0.15) is 0 Å². The van der Waals surface area contributed by atoms with Crippen LogP contribution in [-0.2, 0) is 0 Å². The van der Waals surface area contributed by atoms with E-state index in [1.165, 1.54) is 12.1 Å². The zero-order valence-electron chi connectivity index (χ0n) is 9.69. The number of phenols is 1. The van der Waals surface area contributed by atoms with Crippen LogP contribution in [0.25, 0.3) is 0 Å². The number of hydrogen-bond donors (Lipinski definition) is 1. The first-order chi connectivity index (χ1) is 8.08. The molecule has 1 aliphatic rings. The van der Waals surface area contributed by atoms with Gasteiger partial charge in [0.2, 0.25) is 0 Å². The quantitative estimate of drug-likeness (QED) is 0.825. The molecule has 1 aromatic carbocycles. The molecule has 0 radical (unpaired) electrons. The fourth-order valence-corrected chi connectivity index (χ4v) is 2.01. The SMILES string of the molecule is CN1CCN(C(=O)c2ccc(O)c(Cl)c2)CC1. The number of nitrogens with zero attached hydrogens (tertiary/aromatic N) is 2. The molecule has 4 nitrogen and oxygen atoms in total. The van der Waals surface area contributed by atoms with Crippen molar-refractivity contribution in [3.63, 3.8) is 0 Å². The largest absolute Gasteiger partial charge is 0.506 e. The Morgan fingerprint density at radius 3 is 2.53 bits per heavy atom. The van der Waals surface area contributed by atoms with Crippen LogP contribution >= 0.6 is 11.6 Å². The summed E-state index contributed by atoms with van der Waals surface area (Å²) >= 11 is 5.79. The Morgan fingerprint density at radius 2 is 1.94 bits per heavy atom. The van der Waals surface area contributed by atoms with Crippen molar-refractivity contribution in [2.24, 2.45) is 0 Å². The first-order valence-corrected chi connectivity index (χ1v) is 5.92. The number of piperazine rings is 1. The zero-order chi connectivity index (χ0) is 12.4. The Kier molecular flexibility index (Phi) is 3.54. The summed E-state index contributed by atoms with van der Waals surface area (Å²) in [4.78, 5) is 16.1. The molecule has 0 aromatic heterocycles. The molecular weight excluding hydrogens is 240 g/mol. The van der Waals surface area contributed by atoms with Crippen LogP contribution in [0.4, 0.5) is 0 Å².